The number of thiazole rings is 1. The highest BCUT2D eigenvalue weighted by Gasteiger charge is 2.69. The number of hydrogen-bond acceptors (Lipinski definition) is 10. The minimum absolute atomic E-state index is 0.000723. The standard InChI is InChI=1S/C34H30N4O8S3/c1-45-19-10-6-18(7-11-19)38-32(40)27-22-14-23(28(27)33(38)41)29-26(22)25(30-31(47-29)37-34(42)48-30)16-2-8-20(9-3-16)46-15-24(39)36-17-4-12-21(13-5-17)49(35,43)44/h2-13,22-23,25-29H,14-15H2,1H3,(H,36,39)(H,37,42)(H2,35,43,44)/t22-,23-,25+,26-,27+,28+,29-/m1/s1. The van der Waals surface area contributed by atoms with Gasteiger partial charge in [0.25, 0.3) is 5.91 Å². The number of primary sulfonamides is 1. The molecule has 3 amide bonds. The molecule has 49 heavy (non-hydrogen) atoms. The Balaban J connectivity index is 1.01. The number of ether oxygens (including phenoxy) is 2. The molecule has 8 rings (SSSR count). The number of hydrogen-bond donors (Lipinski definition) is 3. The Morgan fingerprint density at radius 2 is 1.59 bits per heavy atom. The van der Waals surface area contributed by atoms with Crippen LogP contribution in [0.4, 0.5) is 11.4 Å². The van der Waals surface area contributed by atoms with Crippen LogP contribution in [0.25, 0.3) is 0 Å². The first-order valence-corrected chi connectivity index (χ1v) is 18.8. The maximum Gasteiger partial charge on any atom is 0.305 e. The average molecular weight is 719 g/mol. The van der Waals surface area contributed by atoms with Crippen molar-refractivity contribution in [2.45, 2.75) is 27.5 Å². The molecule has 1 saturated heterocycles. The van der Waals surface area contributed by atoms with E-state index in [2.05, 4.69) is 10.3 Å². The van der Waals surface area contributed by atoms with Crippen LogP contribution in [-0.2, 0) is 24.4 Å². The Morgan fingerprint density at radius 3 is 2.24 bits per heavy atom. The van der Waals surface area contributed by atoms with Crippen molar-refractivity contribution in [3.8, 4) is 11.5 Å². The van der Waals surface area contributed by atoms with E-state index in [1.165, 1.54) is 40.5 Å². The molecule has 2 aliphatic carbocycles. The number of rotatable bonds is 8. The molecule has 4 aliphatic rings. The molecular weight excluding hydrogens is 689 g/mol. The zero-order chi connectivity index (χ0) is 34.2. The molecule has 1 aromatic heterocycles. The number of methoxy groups -OCH3 is 1. The number of nitrogens with one attached hydrogen (secondary N) is 2. The van der Waals surface area contributed by atoms with E-state index in [0.29, 0.717) is 22.9 Å². The minimum atomic E-state index is -3.84. The smallest absolute Gasteiger partial charge is 0.305 e. The number of sulfonamides is 1. The van der Waals surface area contributed by atoms with Crippen molar-refractivity contribution in [2.24, 2.45) is 34.7 Å². The summed E-state index contributed by atoms with van der Waals surface area (Å²) in [6.07, 6.45) is 0.780. The summed E-state index contributed by atoms with van der Waals surface area (Å²) < 4.78 is 33.9. The van der Waals surface area contributed by atoms with Crippen LogP contribution in [0.3, 0.4) is 0 Å². The zero-order valence-electron chi connectivity index (χ0n) is 25.9. The monoisotopic (exact) mass is 718 g/mol. The first-order valence-electron chi connectivity index (χ1n) is 15.6. The van der Waals surface area contributed by atoms with Gasteiger partial charge in [-0.2, -0.15) is 0 Å². The third-order valence-corrected chi connectivity index (χ3v) is 13.6. The number of carbonyl (C=O) groups is 3. The van der Waals surface area contributed by atoms with E-state index in [1.54, 1.807) is 55.3 Å². The van der Waals surface area contributed by atoms with Crippen molar-refractivity contribution < 1.29 is 32.3 Å². The highest BCUT2D eigenvalue weighted by atomic mass is 32.2. The summed E-state index contributed by atoms with van der Waals surface area (Å²) >= 11 is 2.82. The van der Waals surface area contributed by atoms with E-state index < -0.39 is 27.8 Å². The summed E-state index contributed by atoms with van der Waals surface area (Å²) in [4.78, 5) is 58.1. The fourth-order valence-electron chi connectivity index (χ4n) is 8.22. The van der Waals surface area contributed by atoms with Crippen LogP contribution in [0.1, 0.15) is 22.8 Å². The van der Waals surface area contributed by atoms with Gasteiger partial charge in [0, 0.05) is 21.7 Å². The van der Waals surface area contributed by atoms with E-state index >= 15 is 0 Å². The van der Waals surface area contributed by atoms with Gasteiger partial charge in [0.15, 0.2) is 6.61 Å². The fraction of sp³-hybridized carbons (Fsp3) is 0.294. The first-order chi connectivity index (χ1) is 23.5. The van der Waals surface area contributed by atoms with E-state index in [-0.39, 0.29) is 57.1 Å². The summed E-state index contributed by atoms with van der Waals surface area (Å²) in [6.45, 7) is -0.279. The van der Waals surface area contributed by atoms with Gasteiger partial charge in [-0.1, -0.05) is 23.5 Å². The van der Waals surface area contributed by atoms with Crippen LogP contribution in [0, 0.1) is 29.6 Å². The van der Waals surface area contributed by atoms with Crippen molar-refractivity contribution in [3.05, 3.63) is 92.9 Å². The van der Waals surface area contributed by atoms with Gasteiger partial charge >= 0.3 is 4.87 Å². The predicted molar refractivity (Wildman–Crippen MR) is 182 cm³/mol. The maximum absolute atomic E-state index is 14.0. The highest BCUT2D eigenvalue weighted by Crippen LogP contribution is 2.68. The van der Waals surface area contributed by atoms with Crippen molar-refractivity contribution >= 4 is 62.2 Å². The lowest BCUT2D eigenvalue weighted by atomic mass is 9.68. The third kappa shape index (κ3) is 5.35. The molecule has 0 unspecified atom stereocenters. The molecule has 7 atom stereocenters. The molecule has 0 spiro atoms. The summed E-state index contributed by atoms with van der Waals surface area (Å²) in [5, 5.41) is 8.66. The molecule has 252 valence electrons. The van der Waals surface area contributed by atoms with Gasteiger partial charge < -0.3 is 19.8 Å². The molecular formula is C34H30N4O8S3. The molecule has 0 radical (unpaired) electrons. The predicted octanol–water partition coefficient (Wildman–Crippen LogP) is 3.79. The maximum atomic E-state index is 14.0. The second-order valence-electron chi connectivity index (χ2n) is 12.6. The lowest BCUT2D eigenvalue weighted by Gasteiger charge is -2.43. The van der Waals surface area contributed by atoms with Crippen molar-refractivity contribution in [1.29, 1.82) is 0 Å². The molecule has 4 N–H and O–H groups in total. The van der Waals surface area contributed by atoms with E-state index in [1.807, 2.05) is 12.1 Å². The number of imide groups is 1. The van der Waals surface area contributed by atoms with Crippen molar-refractivity contribution in [2.75, 3.05) is 23.9 Å². The molecule has 2 bridgehead atoms. The number of amides is 3. The molecule has 4 aromatic rings. The number of nitrogens with zero attached hydrogens (tertiary/aromatic N) is 1. The summed E-state index contributed by atoms with van der Waals surface area (Å²) in [5.41, 5.74) is 1.90. The molecule has 12 nitrogen and oxygen atoms in total. The lowest BCUT2D eigenvalue weighted by molar-refractivity contribution is -0.123. The second kappa shape index (κ2) is 11.9. The topological polar surface area (TPSA) is 178 Å². The largest absolute Gasteiger partial charge is 0.497 e. The van der Waals surface area contributed by atoms with Gasteiger partial charge in [-0.3, -0.25) is 24.1 Å². The first kappa shape index (κ1) is 31.8. The minimum Gasteiger partial charge on any atom is -0.497 e. The van der Waals surface area contributed by atoms with Crippen LogP contribution < -0.4 is 29.7 Å². The number of aromatic amines is 1. The van der Waals surface area contributed by atoms with Gasteiger partial charge in [0.1, 0.15) is 11.5 Å². The molecule has 3 heterocycles. The molecule has 2 saturated carbocycles. The van der Waals surface area contributed by atoms with Crippen molar-refractivity contribution in [1.82, 2.24) is 4.98 Å². The Morgan fingerprint density at radius 1 is 0.939 bits per heavy atom. The van der Waals surface area contributed by atoms with E-state index in [9.17, 15) is 27.6 Å². The van der Waals surface area contributed by atoms with E-state index in [0.717, 1.165) is 21.9 Å². The second-order valence-corrected chi connectivity index (χ2v) is 16.4. The Hall–Kier alpha value is -4.44. The van der Waals surface area contributed by atoms with Crippen LogP contribution in [-0.4, -0.2) is 50.1 Å². The number of benzene rings is 3. The summed E-state index contributed by atoms with van der Waals surface area (Å²) in [6, 6.07) is 19.9. The van der Waals surface area contributed by atoms with E-state index in [4.69, 9.17) is 14.6 Å². The number of thioether (sulfide) groups is 1. The van der Waals surface area contributed by atoms with Gasteiger partial charge in [-0.05, 0) is 90.4 Å². The highest BCUT2D eigenvalue weighted by molar-refractivity contribution is 8.00. The van der Waals surface area contributed by atoms with Gasteiger partial charge in [-0.25, -0.2) is 13.6 Å². The van der Waals surface area contributed by atoms with Crippen molar-refractivity contribution in [3.63, 3.8) is 0 Å². The third-order valence-electron chi connectivity index (χ3n) is 10.1. The molecule has 2 aliphatic heterocycles. The Labute approximate surface area is 289 Å². The quantitative estimate of drug-likeness (QED) is 0.229. The number of carbonyl (C=O) groups excluding carboxylic acids is 3. The average Bonchev–Trinajstić information content (AvgIpc) is 3.82. The zero-order valence-corrected chi connectivity index (χ0v) is 28.3. The number of H-pyrrole nitrogens is 1. The number of anilines is 2. The van der Waals surface area contributed by atoms with Gasteiger partial charge in [0.2, 0.25) is 21.8 Å². The Bertz CT molecular complexity index is 2150. The van der Waals surface area contributed by atoms with Crippen LogP contribution in [0.5, 0.6) is 11.5 Å². The molecule has 3 aromatic carbocycles. The molecule has 15 heteroatoms. The summed E-state index contributed by atoms with van der Waals surface area (Å²) in [5.74, 6) is -0.593. The number of nitrogens with two attached hydrogens (primary N) is 1. The molecule has 3 fully saturated rings. The fourth-order valence-corrected chi connectivity index (χ4v) is 11.6. The summed E-state index contributed by atoms with van der Waals surface area (Å²) in [7, 11) is -2.28. The SMILES string of the molecule is COc1ccc(N2C(=O)[C@H]3[C@H]4C[C@@H]([C@@H]3C2=O)[C@@H]2[C@H](c3ccc(OCC(=O)Nc5ccc(S(N)(=O)=O)cc5)cc3)c3sc(=O)[nH]c3S[C@H]42)cc1. The number of aromatic nitrogens is 1. The van der Waals surface area contributed by atoms with Crippen LogP contribution >= 0.6 is 23.1 Å². The normalized spacial score (nSPS) is 26.7. The van der Waals surface area contributed by atoms with Crippen LogP contribution in [0.2, 0.25) is 0 Å². The van der Waals surface area contributed by atoms with Gasteiger partial charge in [0.05, 0.1) is 34.6 Å². The number of fused-ring (bicyclic) bond motifs is 9. The van der Waals surface area contributed by atoms with Crippen LogP contribution in [0.15, 0.2) is 87.5 Å². The lowest BCUT2D eigenvalue weighted by Crippen LogP contribution is -2.42. The Kier molecular flexibility index (Phi) is 7.70. The van der Waals surface area contributed by atoms with Gasteiger partial charge in [-0.15, -0.1) is 11.8 Å².